The van der Waals surface area contributed by atoms with Crippen LogP contribution >= 0.6 is 11.3 Å². The Kier molecular flexibility index (Phi) is 6.32. The molecule has 0 aliphatic carbocycles. The van der Waals surface area contributed by atoms with Gasteiger partial charge in [0.15, 0.2) is 0 Å². The fourth-order valence-corrected chi connectivity index (χ4v) is 2.57. The first-order valence-corrected chi connectivity index (χ1v) is 8.06. The second-order valence-corrected chi connectivity index (χ2v) is 5.67. The van der Waals surface area contributed by atoms with E-state index in [1.807, 2.05) is 30.3 Å². The highest BCUT2D eigenvalue weighted by molar-refractivity contribution is 7.14. The molecule has 3 N–H and O–H groups in total. The van der Waals surface area contributed by atoms with Crippen molar-refractivity contribution in [2.45, 2.75) is 13.3 Å². The first-order valence-electron chi connectivity index (χ1n) is 7.18. The largest absolute Gasteiger partial charge is 0.493 e. The van der Waals surface area contributed by atoms with Gasteiger partial charge in [0.05, 0.1) is 18.6 Å². The maximum Gasteiger partial charge on any atom is 0.272 e. The summed E-state index contributed by atoms with van der Waals surface area (Å²) in [4.78, 5) is 34.7. The quantitative estimate of drug-likeness (QED) is 0.696. The maximum absolute atomic E-state index is 12.0. The summed E-state index contributed by atoms with van der Waals surface area (Å²) in [5, 5.41) is 4.77. The van der Waals surface area contributed by atoms with Gasteiger partial charge in [-0.1, -0.05) is 18.2 Å². The van der Waals surface area contributed by atoms with Crippen molar-refractivity contribution in [3.8, 4) is 5.75 Å². The summed E-state index contributed by atoms with van der Waals surface area (Å²) < 4.78 is 5.45. The van der Waals surface area contributed by atoms with Crippen molar-refractivity contribution in [2.24, 2.45) is 0 Å². The first kappa shape index (κ1) is 17.5. The molecule has 0 saturated heterocycles. The van der Waals surface area contributed by atoms with Crippen molar-refractivity contribution in [1.29, 1.82) is 0 Å². The SMILES string of the molecule is CC(=O)NNC(=O)c1ccsc1NC(=O)CCOc1ccccc1. The number of anilines is 1. The normalized spacial score (nSPS) is 9.88. The summed E-state index contributed by atoms with van der Waals surface area (Å²) >= 11 is 1.22. The average molecular weight is 347 g/mol. The zero-order chi connectivity index (χ0) is 17.4. The Morgan fingerprint density at radius 1 is 1.08 bits per heavy atom. The van der Waals surface area contributed by atoms with Crippen molar-refractivity contribution >= 4 is 34.1 Å². The van der Waals surface area contributed by atoms with E-state index in [4.69, 9.17) is 4.74 Å². The van der Waals surface area contributed by atoms with E-state index in [1.54, 1.807) is 11.4 Å². The third-order valence-corrected chi connectivity index (χ3v) is 3.69. The number of carbonyl (C=O) groups is 3. The third-order valence-electron chi connectivity index (χ3n) is 2.86. The molecule has 0 aliphatic heterocycles. The lowest BCUT2D eigenvalue weighted by Gasteiger charge is -2.08. The molecular weight excluding hydrogens is 330 g/mol. The van der Waals surface area contributed by atoms with E-state index >= 15 is 0 Å². The Bertz CT molecular complexity index is 715. The summed E-state index contributed by atoms with van der Waals surface area (Å²) in [6.07, 6.45) is 0.152. The number of nitrogens with one attached hydrogen (secondary N) is 3. The van der Waals surface area contributed by atoms with Crippen LogP contribution in [0.2, 0.25) is 0 Å². The summed E-state index contributed by atoms with van der Waals surface area (Å²) in [5.41, 5.74) is 4.74. The molecule has 2 aromatic rings. The van der Waals surface area contributed by atoms with Crippen molar-refractivity contribution in [3.05, 3.63) is 47.3 Å². The minimum absolute atomic E-state index is 0.152. The van der Waals surface area contributed by atoms with Gasteiger partial charge in [0, 0.05) is 6.92 Å². The molecule has 1 aromatic carbocycles. The van der Waals surface area contributed by atoms with E-state index in [9.17, 15) is 14.4 Å². The molecule has 24 heavy (non-hydrogen) atoms. The highest BCUT2D eigenvalue weighted by Gasteiger charge is 2.15. The molecule has 2 rings (SSSR count). The van der Waals surface area contributed by atoms with Crippen molar-refractivity contribution in [3.63, 3.8) is 0 Å². The van der Waals surface area contributed by atoms with Crippen molar-refractivity contribution < 1.29 is 19.1 Å². The Hall–Kier alpha value is -2.87. The van der Waals surface area contributed by atoms with Crippen LogP contribution in [0.1, 0.15) is 23.7 Å². The number of ether oxygens (including phenoxy) is 1. The van der Waals surface area contributed by atoms with Gasteiger partial charge in [-0.15, -0.1) is 11.3 Å². The zero-order valence-electron chi connectivity index (χ0n) is 13.0. The van der Waals surface area contributed by atoms with Gasteiger partial charge in [0.1, 0.15) is 10.8 Å². The van der Waals surface area contributed by atoms with E-state index in [-0.39, 0.29) is 30.4 Å². The summed E-state index contributed by atoms with van der Waals surface area (Å²) in [7, 11) is 0. The number of hydrogen-bond acceptors (Lipinski definition) is 5. The average Bonchev–Trinajstić information content (AvgIpc) is 3.01. The molecule has 0 spiro atoms. The van der Waals surface area contributed by atoms with Gasteiger partial charge in [-0.3, -0.25) is 25.2 Å². The topological polar surface area (TPSA) is 96.5 Å². The summed E-state index contributed by atoms with van der Waals surface area (Å²) in [5.74, 6) is -0.455. The first-order chi connectivity index (χ1) is 11.6. The number of para-hydroxylation sites is 1. The number of amides is 3. The Morgan fingerprint density at radius 2 is 1.83 bits per heavy atom. The maximum atomic E-state index is 12.0. The van der Waals surface area contributed by atoms with Crippen LogP contribution < -0.4 is 20.9 Å². The van der Waals surface area contributed by atoms with Gasteiger partial charge in [0.25, 0.3) is 5.91 Å². The van der Waals surface area contributed by atoms with Gasteiger partial charge in [-0.2, -0.15) is 0 Å². The van der Waals surface area contributed by atoms with E-state index in [2.05, 4.69) is 16.2 Å². The zero-order valence-corrected chi connectivity index (χ0v) is 13.8. The molecule has 0 bridgehead atoms. The number of thiophene rings is 1. The van der Waals surface area contributed by atoms with Gasteiger partial charge in [-0.25, -0.2) is 0 Å². The third kappa shape index (κ3) is 5.40. The fourth-order valence-electron chi connectivity index (χ4n) is 1.76. The van der Waals surface area contributed by atoms with E-state index < -0.39 is 5.91 Å². The summed E-state index contributed by atoms with van der Waals surface area (Å²) in [6, 6.07) is 10.8. The van der Waals surface area contributed by atoms with Crippen LogP contribution in [0.5, 0.6) is 5.75 Å². The molecule has 8 heteroatoms. The van der Waals surface area contributed by atoms with Gasteiger partial charge in [0.2, 0.25) is 11.8 Å². The lowest BCUT2D eigenvalue weighted by molar-refractivity contribution is -0.119. The summed E-state index contributed by atoms with van der Waals surface area (Å²) in [6.45, 7) is 1.51. The number of carbonyl (C=O) groups excluding carboxylic acids is 3. The Labute approximate surface area is 143 Å². The highest BCUT2D eigenvalue weighted by atomic mass is 32.1. The molecule has 1 aromatic heterocycles. The van der Waals surface area contributed by atoms with Crippen LogP contribution in [0, 0.1) is 0 Å². The molecule has 0 fully saturated rings. The fraction of sp³-hybridized carbons (Fsp3) is 0.188. The lowest BCUT2D eigenvalue weighted by atomic mass is 10.3. The van der Waals surface area contributed by atoms with Gasteiger partial charge < -0.3 is 10.1 Å². The number of hydrogen-bond donors (Lipinski definition) is 3. The van der Waals surface area contributed by atoms with Crippen LogP contribution in [0.3, 0.4) is 0 Å². The predicted molar refractivity (Wildman–Crippen MR) is 90.8 cm³/mol. The highest BCUT2D eigenvalue weighted by Crippen LogP contribution is 2.23. The number of benzene rings is 1. The number of rotatable bonds is 6. The minimum atomic E-state index is -0.498. The monoisotopic (exact) mass is 347 g/mol. The molecule has 0 radical (unpaired) electrons. The van der Waals surface area contributed by atoms with E-state index in [0.717, 1.165) is 0 Å². The van der Waals surface area contributed by atoms with Gasteiger partial charge >= 0.3 is 0 Å². The van der Waals surface area contributed by atoms with Crippen molar-refractivity contribution in [1.82, 2.24) is 10.9 Å². The molecule has 1 heterocycles. The molecule has 0 unspecified atom stereocenters. The second kappa shape index (κ2) is 8.68. The van der Waals surface area contributed by atoms with Crippen molar-refractivity contribution in [2.75, 3.05) is 11.9 Å². The van der Waals surface area contributed by atoms with E-state index in [0.29, 0.717) is 10.8 Å². The smallest absolute Gasteiger partial charge is 0.272 e. The van der Waals surface area contributed by atoms with Crippen LogP contribution in [0.4, 0.5) is 5.00 Å². The molecule has 0 atom stereocenters. The molecule has 0 aliphatic rings. The lowest BCUT2D eigenvalue weighted by Crippen LogP contribution is -2.40. The molecule has 0 saturated carbocycles. The molecule has 7 nitrogen and oxygen atoms in total. The molecular formula is C16H17N3O4S. The number of hydrazine groups is 1. The van der Waals surface area contributed by atoms with Gasteiger partial charge in [-0.05, 0) is 23.6 Å². The van der Waals surface area contributed by atoms with Crippen LogP contribution in [0.15, 0.2) is 41.8 Å². The van der Waals surface area contributed by atoms with Crippen LogP contribution in [0.25, 0.3) is 0 Å². The second-order valence-electron chi connectivity index (χ2n) is 4.76. The Balaban J connectivity index is 1.82. The predicted octanol–water partition coefficient (Wildman–Crippen LogP) is 1.94. The minimum Gasteiger partial charge on any atom is -0.493 e. The van der Waals surface area contributed by atoms with Crippen LogP contribution in [-0.2, 0) is 9.59 Å². The van der Waals surface area contributed by atoms with Crippen LogP contribution in [-0.4, -0.2) is 24.3 Å². The molecule has 126 valence electrons. The van der Waals surface area contributed by atoms with E-state index in [1.165, 1.54) is 18.3 Å². The Morgan fingerprint density at radius 3 is 2.54 bits per heavy atom. The standard InChI is InChI=1S/C16H17N3O4S/c1-11(20)18-19-15(22)13-8-10-24-16(13)17-14(21)7-9-23-12-5-3-2-4-6-12/h2-6,8,10H,7,9H2,1H3,(H,17,21)(H,18,20)(H,19,22). The molecule has 3 amide bonds.